The van der Waals surface area contributed by atoms with Crippen LogP contribution in [0, 0.1) is 0 Å². The smallest absolute Gasteiger partial charge is 0.0644 e. The molecule has 0 aliphatic heterocycles. The molecule has 106 valence electrons. The first-order valence-corrected chi connectivity index (χ1v) is 7.59. The monoisotopic (exact) mass is 332 g/mol. The van der Waals surface area contributed by atoms with Crippen LogP contribution in [0.15, 0.2) is 48.5 Å². The molecule has 2 aromatic rings. The molecule has 2 nitrogen and oxygen atoms in total. The third-order valence-electron chi connectivity index (χ3n) is 3.40. The average Bonchev–Trinajstić information content (AvgIpc) is 2.46. The van der Waals surface area contributed by atoms with Crippen molar-refractivity contribution >= 4 is 27.3 Å². The van der Waals surface area contributed by atoms with E-state index >= 15 is 0 Å². The third kappa shape index (κ3) is 3.34. The predicted octanol–water partition coefficient (Wildman–Crippen LogP) is 4.30. The standard InChI is InChI=1S/C17H21BrN2/c1-19(2)15-9-5-13(6-10-15)17(18)14-7-11-16(12-8-14)20(3)4/h5-12,17H,1-4H3. The highest BCUT2D eigenvalue weighted by molar-refractivity contribution is 9.09. The second-order valence-corrected chi connectivity index (χ2v) is 6.25. The van der Waals surface area contributed by atoms with Crippen LogP contribution in [-0.2, 0) is 0 Å². The molecule has 2 aromatic carbocycles. The van der Waals surface area contributed by atoms with Crippen LogP contribution >= 0.6 is 15.9 Å². The molecular formula is C17H21BrN2. The van der Waals surface area contributed by atoms with Crippen molar-refractivity contribution in [1.82, 2.24) is 0 Å². The Hall–Kier alpha value is -1.48. The Kier molecular flexibility index (Phi) is 4.71. The Balaban J connectivity index is 2.19. The number of anilines is 2. The summed E-state index contributed by atoms with van der Waals surface area (Å²) in [4.78, 5) is 4.45. The van der Waals surface area contributed by atoms with Crippen molar-refractivity contribution in [1.29, 1.82) is 0 Å². The lowest BCUT2D eigenvalue weighted by molar-refractivity contribution is 1.11. The van der Waals surface area contributed by atoms with Crippen LogP contribution in [0.4, 0.5) is 11.4 Å². The summed E-state index contributed by atoms with van der Waals surface area (Å²) in [5, 5.41) is 0. The number of benzene rings is 2. The topological polar surface area (TPSA) is 6.48 Å². The molecule has 0 aliphatic carbocycles. The van der Waals surface area contributed by atoms with Crippen molar-refractivity contribution in [2.45, 2.75) is 4.83 Å². The quantitative estimate of drug-likeness (QED) is 0.770. The van der Waals surface area contributed by atoms with Gasteiger partial charge < -0.3 is 9.80 Å². The fourth-order valence-corrected chi connectivity index (χ4v) is 2.69. The van der Waals surface area contributed by atoms with Gasteiger partial charge in [0.25, 0.3) is 0 Å². The van der Waals surface area contributed by atoms with Crippen LogP contribution in [0.2, 0.25) is 0 Å². The molecule has 0 heterocycles. The molecule has 0 saturated heterocycles. The molecular weight excluding hydrogens is 312 g/mol. The van der Waals surface area contributed by atoms with Crippen LogP contribution in [-0.4, -0.2) is 28.2 Å². The Morgan fingerprint density at radius 3 is 1.20 bits per heavy atom. The summed E-state index contributed by atoms with van der Waals surface area (Å²) in [6.45, 7) is 0. The molecule has 0 unspecified atom stereocenters. The highest BCUT2D eigenvalue weighted by atomic mass is 79.9. The third-order valence-corrected chi connectivity index (χ3v) is 4.46. The number of halogens is 1. The summed E-state index contributed by atoms with van der Waals surface area (Å²) in [5.41, 5.74) is 4.98. The van der Waals surface area contributed by atoms with Gasteiger partial charge in [0.15, 0.2) is 0 Å². The van der Waals surface area contributed by atoms with Gasteiger partial charge in [-0.05, 0) is 35.4 Å². The Morgan fingerprint density at radius 1 is 0.650 bits per heavy atom. The lowest BCUT2D eigenvalue weighted by atomic mass is 10.0. The van der Waals surface area contributed by atoms with Gasteiger partial charge in [-0.25, -0.2) is 0 Å². The zero-order valence-corrected chi connectivity index (χ0v) is 14.1. The summed E-state index contributed by atoms with van der Waals surface area (Å²) >= 11 is 3.79. The Bertz CT molecular complexity index is 493. The Morgan fingerprint density at radius 2 is 0.950 bits per heavy atom. The number of hydrogen-bond acceptors (Lipinski definition) is 2. The number of hydrogen-bond donors (Lipinski definition) is 0. The highest BCUT2D eigenvalue weighted by Crippen LogP contribution is 2.32. The predicted molar refractivity (Wildman–Crippen MR) is 92.3 cm³/mol. The van der Waals surface area contributed by atoms with Gasteiger partial charge in [0, 0.05) is 39.6 Å². The van der Waals surface area contributed by atoms with E-state index in [0.29, 0.717) is 0 Å². The van der Waals surface area contributed by atoms with Gasteiger partial charge in [0.1, 0.15) is 0 Å². The van der Waals surface area contributed by atoms with Crippen molar-refractivity contribution < 1.29 is 0 Å². The molecule has 0 saturated carbocycles. The van der Waals surface area contributed by atoms with Gasteiger partial charge in [-0.1, -0.05) is 40.2 Å². The van der Waals surface area contributed by atoms with Crippen LogP contribution in [0.1, 0.15) is 16.0 Å². The van der Waals surface area contributed by atoms with E-state index in [1.807, 2.05) is 0 Å². The zero-order chi connectivity index (χ0) is 14.7. The van der Waals surface area contributed by atoms with E-state index in [0.717, 1.165) is 0 Å². The first kappa shape index (κ1) is 14.9. The lowest BCUT2D eigenvalue weighted by Crippen LogP contribution is -2.09. The minimum Gasteiger partial charge on any atom is -0.378 e. The molecule has 0 aromatic heterocycles. The van der Waals surface area contributed by atoms with Gasteiger partial charge >= 0.3 is 0 Å². The van der Waals surface area contributed by atoms with E-state index in [-0.39, 0.29) is 4.83 Å². The fraction of sp³-hybridized carbons (Fsp3) is 0.294. The largest absolute Gasteiger partial charge is 0.378 e. The molecule has 20 heavy (non-hydrogen) atoms. The van der Waals surface area contributed by atoms with E-state index in [1.54, 1.807) is 0 Å². The van der Waals surface area contributed by atoms with Gasteiger partial charge in [-0.2, -0.15) is 0 Å². The number of rotatable bonds is 4. The fourth-order valence-electron chi connectivity index (χ4n) is 2.08. The molecule has 0 spiro atoms. The molecule has 2 rings (SSSR count). The van der Waals surface area contributed by atoms with E-state index in [9.17, 15) is 0 Å². The second kappa shape index (κ2) is 6.31. The molecule has 0 N–H and O–H groups in total. The number of alkyl halides is 1. The van der Waals surface area contributed by atoms with E-state index in [4.69, 9.17) is 0 Å². The minimum absolute atomic E-state index is 0.231. The van der Waals surface area contributed by atoms with Crippen molar-refractivity contribution in [2.75, 3.05) is 38.0 Å². The van der Waals surface area contributed by atoms with Gasteiger partial charge in [0.05, 0.1) is 4.83 Å². The summed E-state index contributed by atoms with van der Waals surface area (Å²) in [5.74, 6) is 0. The molecule has 0 bridgehead atoms. The summed E-state index contributed by atoms with van der Waals surface area (Å²) in [6, 6.07) is 17.3. The van der Waals surface area contributed by atoms with Crippen LogP contribution in [0.5, 0.6) is 0 Å². The molecule has 0 radical (unpaired) electrons. The second-order valence-electron chi connectivity index (χ2n) is 5.33. The van der Waals surface area contributed by atoms with Crippen molar-refractivity contribution in [2.24, 2.45) is 0 Å². The first-order valence-electron chi connectivity index (χ1n) is 6.67. The van der Waals surface area contributed by atoms with E-state index in [2.05, 4.69) is 102 Å². The van der Waals surface area contributed by atoms with Gasteiger partial charge in [-0.3, -0.25) is 0 Å². The Labute approximate surface area is 130 Å². The maximum Gasteiger partial charge on any atom is 0.0644 e. The molecule has 0 fully saturated rings. The molecule has 0 aliphatic rings. The molecule has 0 amide bonds. The summed E-state index contributed by atoms with van der Waals surface area (Å²) in [6.07, 6.45) is 0. The zero-order valence-electron chi connectivity index (χ0n) is 12.5. The first-order chi connectivity index (χ1) is 9.49. The summed E-state index contributed by atoms with van der Waals surface area (Å²) < 4.78 is 0. The summed E-state index contributed by atoms with van der Waals surface area (Å²) in [7, 11) is 8.22. The maximum absolute atomic E-state index is 3.79. The van der Waals surface area contributed by atoms with Gasteiger partial charge in [-0.15, -0.1) is 0 Å². The van der Waals surface area contributed by atoms with Crippen LogP contribution in [0.3, 0.4) is 0 Å². The normalized spacial score (nSPS) is 10.7. The average molecular weight is 333 g/mol. The van der Waals surface area contributed by atoms with Crippen molar-refractivity contribution in [3.63, 3.8) is 0 Å². The van der Waals surface area contributed by atoms with Crippen molar-refractivity contribution in [3.05, 3.63) is 59.7 Å². The van der Waals surface area contributed by atoms with E-state index < -0.39 is 0 Å². The number of nitrogens with zero attached hydrogens (tertiary/aromatic N) is 2. The lowest BCUT2D eigenvalue weighted by Gasteiger charge is -2.17. The molecule has 3 heteroatoms. The van der Waals surface area contributed by atoms with Crippen LogP contribution < -0.4 is 9.80 Å². The highest BCUT2D eigenvalue weighted by Gasteiger charge is 2.10. The SMILES string of the molecule is CN(C)c1ccc(C(Br)c2ccc(N(C)C)cc2)cc1. The van der Waals surface area contributed by atoms with Crippen LogP contribution in [0.25, 0.3) is 0 Å². The van der Waals surface area contributed by atoms with E-state index in [1.165, 1.54) is 22.5 Å². The maximum atomic E-state index is 3.79. The minimum atomic E-state index is 0.231. The van der Waals surface area contributed by atoms with Crippen molar-refractivity contribution in [3.8, 4) is 0 Å². The molecule has 0 atom stereocenters. The van der Waals surface area contributed by atoms with Gasteiger partial charge in [0.2, 0.25) is 0 Å².